The Hall–Kier alpha value is -1.03. The average Bonchev–Trinajstić information content (AvgIpc) is 2.40. The van der Waals surface area contributed by atoms with Crippen LogP contribution >= 0.6 is 23.4 Å². The van der Waals surface area contributed by atoms with Gasteiger partial charge in [0.2, 0.25) is 0 Å². The van der Waals surface area contributed by atoms with Gasteiger partial charge in [-0.05, 0) is 36.2 Å². The lowest BCUT2D eigenvalue weighted by molar-refractivity contribution is 0.200. The summed E-state index contributed by atoms with van der Waals surface area (Å²) < 4.78 is 12.8. The monoisotopic (exact) mass is 296 g/mol. The van der Waals surface area contributed by atoms with Crippen LogP contribution < -0.4 is 0 Å². The molecular weight excluding hydrogens is 283 g/mol. The third kappa shape index (κ3) is 4.53. The first-order chi connectivity index (χ1) is 9.15. The Morgan fingerprint density at radius 2 is 1.79 bits per heavy atom. The fraction of sp³-hybridized carbons (Fsp3) is 0.200. The molecule has 0 saturated heterocycles. The fourth-order valence-corrected chi connectivity index (χ4v) is 2.87. The van der Waals surface area contributed by atoms with Crippen molar-refractivity contribution in [3.8, 4) is 0 Å². The topological polar surface area (TPSA) is 20.2 Å². The van der Waals surface area contributed by atoms with Crippen LogP contribution in [0.15, 0.2) is 53.4 Å². The van der Waals surface area contributed by atoms with E-state index in [1.54, 1.807) is 12.1 Å². The van der Waals surface area contributed by atoms with Crippen molar-refractivity contribution in [2.24, 2.45) is 0 Å². The van der Waals surface area contributed by atoms with Crippen molar-refractivity contribution < 1.29 is 9.50 Å². The largest absolute Gasteiger partial charge is 0.392 e. The Morgan fingerprint density at radius 1 is 1.11 bits per heavy atom. The minimum absolute atomic E-state index is 0.260. The van der Waals surface area contributed by atoms with E-state index in [4.69, 9.17) is 11.6 Å². The molecule has 1 nitrogen and oxygen atoms in total. The molecule has 0 aromatic heterocycles. The van der Waals surface area contributed by atoms with Gasteiger partial charge < -0.3 is 5.11 Å². The van der Waals surface area contributed by atoms with Crippen molar-refractivity contribution in [2.75, 3.05) is 5.75 Å². The molecular formula is C15H14ClFOS. The summed E-state index contributed by atoms with van der Waals surface area (Å²) in [5, 5.41) is 10.7. The summed E-state index contributed by atoms with van der Waals surface area (Å²) in [6.45, 7) is 0. The molecule has 2 rings (SSSR count). The number of aliphatic hydroxyl groups is 1. The highest BCUT2D eigenvalue weighted by molar-refractivity contribution is 7.99. The number of aliphatic hydroxyl groups excluding tert-OH is 1. The Kier molecular flexibility index (Phi) is 5.25. The van der Waals surface area contributed by atoms with Crippen molar-refractivity contribution in [1.82, 2.24) is 0 Å². The second-order valence-corrected chi connectivity index (χ2v) is 5.69. The highest BCUT2D eigenvalue weighted by Crippen LogP contribution is 2.27. The zero-order valence-electron chi connectivity index (χ0n) is 10.2. The van der Waals surface area contributed by atoms with Crippen LogP contribution in [-0.2, 0) is 6.42 Å². The van der Waals surface area contributed by atoms with Crippen LogP contribution in [0.3, 0.4) is 0 Å². The molecule has 19 heavy (non-hydrogen) atoms. The Labute approximate surface area is 121 Å². The minimum atomic E-state index is -0.480. The van der Waals surface area contributed by atoms with Gasteiger partial charge in [0.15, 0.2) is 0 Å². The smallest absolute Gasteiger partial charge is 0.123 e. The quantitative estimate of drug-likeness (QED) is 0.836. The molecule has 0 amide bonds. The summed E-state index contributed by atoms with van der Waals surface area (Å²) in [6.07, 6.45) is 0.0318. The SMILES string of the molecule is OC(CSc1ccccc1Cl)Cc1ccc(F)cc1. The molecule has 2 aromatic carbocycles. The van der Waals surface area contributed by atoms with Crippen molar-refractivity contribution >= 4 is 23.4 Å². The summed E-state index contributed by atoms with van der Waals surface area (Å²) >= 11 is 7.56. The molecule has 0 fully saturated rings. The van der Waals surface area contributed by atoms with Gasteiger partial charge in [-0.2, -0.15) is 0 Å². The minimum Gasteiger partial charge on any atom is -0.392 e. The molecule has 4 heteroatoms. The summed E-state index contributed by atoms with van der Waals surface area (Å²) in [5.74, 6) is 0.296. The van der Waals surface area contributed by atoms with Crippen LogP contribution in [0.2, 0.25) is 5.02 Å². The van der Waals surface area contributed by atoms with Gasteiger partial charge in [0.05, 0.1) is 11.1 Å². The van der Waals surface area contributed by atoms with E-state index in [0.717, 1.165) is 10.5 Å². The predicted molar refractivity (Wildman–Crippen MR) is 78.3 cm³/mol. The van der Waals surface area contributed by atoms with E-state index in [0.29, 0.717) is 17.2 Å². The van der Waals surface area contributed by atoms with Crippen molar-refractivity contribution in [1.29, 1.82) is 0 Å². The maximum Gasteiger partial charge on any atom is 0.123 e. The van der Waals surface area contributed by atoms with E-state index in [1.165, 1.54) is 23.9 Å². The molecule has 100 valence electrons. The Morgan fingerprint density at radius 3 is 2.47 bits per heavy atom. The van der Waals surface area contributed by atoms with Crippen molar-refractivity contribution in [3.63, 3.8) is 0 Å². The number of halogens is 2. The van der Waals surface area contributed by atoms with E-state index >= 15 is 0 Å². The van der Waals surface area contributed by atoms with Gasteiger partial charge in [0.1, 0.15) is 5.82 Å². The molecule has 0 aliphatic heterocycles. The highest BCUT2D eigenvalue weighted by Gasteiger charge is 2.08. The summed E-state index contributed by atoms with van der Waals surface area (Å²) in [7, 11) is 0. The Balaban J connectivity index is 1.86. The van der Waals surface area contributed by atoms with Crippen LogP contribution in [0.25, 0.3) is 0 Å². The molecule has 0 heterocycles. The van der Waals surface area contributed by atoms with E-state index in [2.05, 4.69) is 0 Å². The van der Waals surface area contributed by atoms with Gasteiger partial charge in [-0.25, -0.2) is 4.39 Å². The van der Waals surface area contributed by atoms with E-state index in [-0.39, 0.29) is 5.82 Å². The predicted octanol–water partition coefficient (Wildman–Crippen LogP) is 4.17. The molecule has 0 saturated carbocycles. The molecule has 0 aliphatic carbocycles. The van der Waals surface area contributed by atoms with Crippen LogP contribution in [0, 0.1) is 5.82 Å². The van der Waals surface area contributed by atoms with Crippen molar-refractivity contribution in [3.05, 3.63) is 64.9 Å². The number of hydrogen-bond acceptors (Lipinski definition) is 2. The second kappa shape index (κ2) is 6.94. The molecule has 1 unspecified atom stereocenters. The molecule has 0 spiro atoms. The maximum absolute atomic E-state index is 12.8. The van der Waals surface area contributed by atoms with E-state index in [1.807, 2.05) is 24.3 Å². The third-order valence-corrected chi connectivity index (χ3v) is 4.31. The molecule has 0 aliphatic rings. The average molecular weight is 297 g/mol. The fourth-order valence-electron chi connectivity index (χ4n) is 1.70. The summed E-state index contributed by atoms with van der Waals surface area (Å²) in [4.78, 5) is 0.960. The molecule has 1 N–H and O–H groups in total. The standard InChI is InChI=1S/C15H14ClFOS/c16-14-3-1-2-4-15(14)19-10-13(18)9-11-5-7-12(17)8-6-11/h1-8,13,18H,9-10H2. The summed E-state index contributed by atoms with van der Waals surface area (Å²) in [5.41, 5.74) is 0.925. The van der Waals surface area contributed by atoms with Crippen molar-refractivity contribution in [2.45, 2.75) is 17.4 Å². The number of benzene rings is 2. The maximum atomic E-state index is 12.8. The molecule has 2 aromatic rings. The van der Waals surface area contributed by atoms with E-state index in [9.17, 15) is 9.50 Å². The molecule has 0 radical (unpaired) electrons. The van der Waals surface area contributed by atoms with Crippen LogP contribution in [0.1, 0.15) is 5.56 Å². The normalized spacial score (nSPS) is 12.4. The zero-order valence-corrected chi connectivity index (χ0v) is 11.8. The van der Waals surface area contributed by atoms with Gasteiger partial charge in [0, 0.05) is 10.6 Å². The highest BCUT2D eigenvalue weighted by atomic mass is 35.5. The lowest BCUT2D eigenvalue weighted by Gasteiger charge is -2.11. The van der Waals surface area contributed by atoms with Crippen LogP contribution in [-0.4, -0.2) is 17.0 Å². The first-order valence-corrected chi connectivity index (χ1v) is 7.31. The van der Waals surface area contributed by atoms with E-state index < -0.39 is 6.10 Å². The molecule has 1 atom stereocenters. The summed E-state index contributed by atoms with van der Waals surface area (Å²) in [6, 6.07) is 13.7. The zero-order chi connectivity index (χ0) is 13.7. The Bertz CT molecular complexity index is 530. The number of rotatable bonds is 5. The van der Waals surface area contributed by atoms with Crippen LogP contribution in [0.4, 0.5) is 4.39 Å². The van der Waals surface area contributed by atoms with Gasteiger partial charge in [-0.1, -0.05) is 35.9 Å². The first-order valence-electron chi connectivity index (χ1n) is 5.95. The van der Waals surface area contributed by atoms with Gasteiger partial charge in [0.25, 0.3) is 0 Å². The van der Waals surface area contributed by atoms with Crippen LogP contribution in [0.5, 0.6) is 0 Å². The first kappa shape index (κ1) is 14.4. The molecule has 0 bridgehead atoms. The van der Waals surface area contributed by atoms with Gasteiger partial charge in [-0.3, -0.25) is 0 Å². The number of hydrogen-bond donors (Lipinski definition) is 1. The lowest BCUT2D eigenvalue weighted by Crippen LogP contribution is -2.13. The second-order valence-electron chi connectivity index (χ2n) is 4.23. The third-order valence-electron chi connectivity index (χ3n) is 2.65. The van der Waals surface area contributed by atoms with Gasteiger partial charge in [-0.15, -0.1) is 11.8 Å². The van der Waals surface area contributed by atoms with Gasteiger partial charge >= 0.3 is 0 Å². The number of thioether (sulfide) groups is 1. The lowest BCUT2D eigenvalue weighted by atomic mass is 10.1.